The Morgan fingerprint density at radius 2 is 1.80 bits per heavy atom. The zero-order valence-corrected chi connectivity index (χ0v) is 11.5. The molecule has 0 aromatic heterocycles. The smallest absolute Gasteiger partial charge is 0.319 e. The molecule has 0 saturated heterocycles. The molecule has 0 bridgehead atoms. The monoisotopic (exact) mass is 269 g/mol. The van der Waals surface area contributed by atoms with E-state index in [0.29, 0.717) is 17.9 Å². The van der Waals surface area contributed by atoms with Gasteiger partial charge in [-0.05, 0) is 35.7 Å². The van der Waals surface area contributed by atoms with Crippen LogP contribution < -0.4 is 16.4 Å². The first-order chi connectivity index (χ1) is 9.67. The van der Waals surface area contributed by atoms with Gasteiger partial charge in [-0.3, -0.25) is 0 Å². The SMILES string of the molecule is CCc1ccc(CNC(=O)Nc2cccc(N)c2)cc1. The van der Waals surface area contributed by atoms with E-state index >= 15 is 0 Å². The van der Waals surface area contributed by atoms with E-state index in [4.69, 9.17) is 5.73 Å². The Bertz CT molecular complexity index is 579. The van der Waals surface area contributed by atoms with E-state index < -0.39 is 0 Å². The molecule has 0 saturated carbocycles. The predicted octanol–water partition coefficient (Wildman–Crippen LogP) is 3.15. The fraction of sp³-hybridized carbons (Fsp3) is 0.188. The third-order valence-electron chi connectivity index (χ3n) is 3.03. The number of nitrogens with two attached hydrogens (primary N) is 1. The van der Waals surface area contributed by atoms with E-state index in [1.54, 1.807) is 24.3 Å². The van der Waals surface area contributed by atoms with Crippen LogP contribution in [-0.2, 0) is 13.0 Å². The number of carbonyl (C=O) groups is 1. The number of nitrogen functional groups attached to an aromatic ring is 1. The second kappa shape index (κ2) is 6.61. The number of amides is 2. The van der Waals surface area contributed by atoms with Gasteiger partial charge in [0.05, 0.1) is 0 Å². The zero-order valence-electron chi connectivity index (χ0n) is 11.5. The molecule has 4 heteroatoms. The second-order valence-electron chi connectivity index (χ2n) is 4.60. The maximum Gasteiger partial charge on any atom is 0.319 e. The van der Waals surface area contributed by atoms with Gasteiger partial charge in [0.25, 0.3) is 0 Å². The van der Waals surface area contributed by atoms with Crippen LogP contribution in [0.3, 0.4) is 0 Å². The Kier molecular flexibility index (Phi) is 4.60. The first kappa shape index (κ1) is 13.9. The molecule has 0 atom stereocenters. The molecule has 0 radical (unpaired) electrons. The number of aryl methyl sites for hydroxylation is 1. The molecular formula is C16H19N3O. The van der Waals surface area contributed by atoms with Crippen LogP contribution in [0.4, 0.5) is 16.2 Å². The number of carbonyl (C=O) groups excluding carboxylic acids is 1. The molecule has 2 aromatic carbocycles. The number of hydrogen-bond donors (Lipinski definition) is 3. The van der Waals surface area contributed by atoms with E-state index in [-0.39, 0.29) is 6.03 Å². The molecule has 0 heterocycles. The molecule has 0 fully saturated rings. The highest BCUT2D eigenvalue weighted by atomic mass is 16.2. The number of rotatable bonds is 4. The maximum atomic E-state index is 11.8. The third kappa shape index (κ3) is 4.02. The van der Waals surface area contributed by atoms with Gasteiger partial charge in [-0.25, -0.2) is 4.79 Å². The molecular weight excluding hydrogens is 250 g/mol. The molecule has 0 aliphatic carbocycles. The summed E-state index contributed by atoms with van der Waals surface area (Å²) in [5.74, 6) is 0. The summed E-state index contributed by atoms with van der Waals surface area (Å²) in [6.07, 6.45) is 1.02. The minimum absolute atomic E-state index is 0.241. The van der Waals surface area contributed by atoms with Crippen molar-refractivity contribution in [2.24, 2.45) is 0 Å². The second-order valence-corrected chi connectivity index (χ2v) is 4.60. The van der Waals surface area contributed by atoms with Crippen molar-refractivity contribution in [1.82, 2.24) is 5.32 Å². The molecule has 20 heavy (non-hydrogen) atoms. The van der Waals surface area contributed by atoms with E-state index in [1.807, 2.05) is 12.1 Å². The van der Waals surface area contributed by atoms with Crippen LogP contribution in [0.5, 0.6) is 0 Å². The molecule has 0 aliphatic heterocycles. The van der Waals surface area contributed by atoms with Crippen molar-refractivity contribution in [2.45, 2.75) is 19.9 Å². The molecule has 4 N–H and O–H groups in total. The van der Waals surface area contributed by atoms with E-state index in [1.165, 1.54) is 5.56 Å². The van der Waals surface area contributed by atoms with E-state index in [2.05, 4.69) is 29.7 Å². The molecule has 4 nitrogen and oxygen atoms in total. The Balaban J connectivity index is 1.85. The lowest BCUT2D eigenvalue weighted by molar-refractivity contribution is 0.251. The van der Waals surface area contributed by atoms with Gasteiger partial charge >= 0.3 is 6.03 Å². The van der Waals surface area contributed by atoms with Gasteiger partial charge < -0.3 is 16.4 Å². The van der Waals surface area contributed by atoms with Crippen molar-refractivity contribution >= 4 is 17.4 Å². The van der Waals surface area contributed by atoms with Gasteiger partial charge in [-0.15, -0.1) is 0 Å². The van der Waals surface area contributed by atoms with Gasteiger partial charge in [0.1, 0.15) is 0 Å². The normalized spacial score (nSPS) is 10.1. The Morgan fingerprint density at radius 1 is 1.10 bits per heavy atom. The number of hydrogen-bond acceptors (Lipinski definition) is 2. The number of anilines is 2. The van der Waals surface area contributed by atoms with Crippen molar-refractivity contribution in [3.8, 4) is 0 Å². The lowest BCUT2D eigenvalue weighted by atomic mass is 10.1. The number of benzene rings is 2. The standard InChI is InChI=1S/C16H19N3O/c1-2-12-6-8-13(9-7-12)11-18-16(20)19-15-5-3-4-14(17)10-15/h3-10H,2,11,17H2,1H3,(H2,18,19,20). The van der Waals surface area contributed by atoms with Crippen LogP contribution in [0, 0.1) is 0 Å². The largest absolute Gasteiger partial charge is 0.399 e. The summed E-state index contributed by atoms with van der Waals surface area (Å²) in [4.78, 5) is 11.8. The molecule has 104 valence electrons. The Hall–Kier alpha value is -2.49. The first-order valence-electron chi connectivity index (χ1n) is 6.65. The maximum absolute atomic E-state index is 11.8. The molecule has 2 aromatic rings. The number of nitrogens with one attached hydrogen (secondary N) is 2. The van der Waals surface area contributed by atoms with Crippen LogP contribution in [0.25, 0.3) is 0 Å². The van der Waals surface area contributed by atoms with Crippen LogP contribution in [0.1, 0.15) is 18.1 Å². The average molecular weight is 269 g/mol. The minimum atomic E-state index is -0.241. The van der Waals surface area contributed by atoms with Crippen molar-refractivity contribution < 1.29 is 4.79 Å². The minimum Gasteiger partial charge on any atom is -0.399 e. The summed E-state index contributed by atoms with van der Waals surface area (Å²) >= 11 is 0. The Morgan fingerprint density at radius 3 is 2.45 bits per heavy atom. The lowest BCUT2D eigenvalue weighted by Crippen LogP contribution is -2.28. The highest BCUT2D eigenvalue weighted by molar-refractivity contribution is 5.89. The van der Waals surface area contributed by atoms with Gasteiger partial charge in [0, 0.05) is 17.9 Å². The van der Waals surface area contributed by atoms with Gasteiger partial charge in [-0.2, -0.15) is 0 Å². The fourth-order valence-corrected chi connectivity index (χ4v) is 1.87. The van der Waals surface area contributed by atoms with Crippen molar-refractivity contribution in [1.29, 1.82) is 0 Å². The van der Waals surface area contributed by atoms with Crippen LogP contribution in [0.15, 0.2) is 48.5 Å². The highest BCUT2D eigenvalue weighted by Gasteiger charge is 2.02. The van der Waals surface area contributed by atoms with Gasteiger partial charge in [0.15, 0.2) is 0 Å². The molecule has 0 unspecified atom stereocenters. The fourth-order valence-electron chi connectivity index (χ4n) is 1.87. The van der Waals surface area contributed by atoms with Crippen LogP contribution >= 0.6 is 0 Å². The molecule has 0 spiro atoms. The van der Waals surface area contributed by atoms with Crippen molar-refractivity contribution in [3.63, 3.8) is 0 Å². The highest BCUT2D eigenvalue weighted by Crippen LogP contribution is 2.11. The number of urea groups is 1. The summed E-state index contributed by atoms with van der Waals surface area (Å²) in [7, 11) is 0. The summed E-state index contributed by atoms with van der Waals surface area (Å²) in [5, 5.41) is 5.56. The van der Waals surface area contributed by atoms with Crippen molar-refractivity contribution in [2.75, 3.05) is 11.1 Å². The van der Waals surface area contributed by atoms with Crippen molar-refractivity contribution in [3.05, 3.63) is 59.7 Å². The summed E-state index contributed by atoms with van der Waals surface area (Å²) < 4.78 is 0. The first-order valence-corrected chi connectivity index (χ1v) is 6.65. The van der Waals surface area contributed by atoms with Gasteiger partial charge in [0.2, 0.25) is 0 Å². The van der Waals surface area contributed by atoms with E-state index in [9.17, 15) is 4.79 Å². The predicted molar refractivity (Wildman–Crippen MR) is 82.5 cm³/mol. The summed E-state index contributed by atoms with van der Waals surface area (Å²) in [6, 6.07) is 15.1. The molecule has 2 amide bonds. The topological polar surface area (TPSA) is 67.2 Å². The van der Waals surface area contributed by atoms with Crippen LogP contribution in [0.2, 0.25) is 0 Å². The summed E-state index contributed by atoms with van der Waals surface area (Å²) in [6.45, 7) is 2.62. The quantitative estimate of drug-likeness (QED) is 0.746. The average Bonchev–Trinajstić information content (AvgIpc) is 2.46. The third-order valence-corrected chi connectivity index (χ3v) is 3.03. The molecule has 0 aliphatic rings. The summed E-state index contributed by atoms with van der Waals surface area (Å²) in [5.41, 5.74) is 9.33. The zero-order chi connectivity index (χ0) is 14.4. The van der Waals surface area contributed by atoms with Gasteiger partial charge in [-0.1, -0.05) is 37.3 Å². The molecule has 2 rings (SSSR count). The van der Waals surface area contributed by atoms with E-state index in [0.717, 1.165) is 12.0 Å². The van der Waals surface area contributed by atoms with Crippen LogP contribution in [-0.4, -0.2) is 6.03 Å². The lowest BCUT2D eigenvalue weighted by Gasteiger charge is -2.08. The Labute approximate surface area is 119 Å².